The number of nitrogen functional groups attached to an aromatic ring is 1. The standard InChI is InChI=1S/C16H21N3O2/c1-11-6-7-13(17)12(9-11)16(20)18-10-14(19(2)3)15-5-4-8-21-15/h4-9,14H,10,17H2,1-3H3,(H,18,20). The molecule has 1 atom stereocenters. The van der Waals surface area contributed by atoms with Crippen molar-refractivity contribution in [2.45, 2.75) is 13.0 Å². The van der Waals surface area contributed by atoms with Crippen molar-refractivity contribution in [2.24, 2.45) is 0 Å². The van der Waals surface area contributed by atoms with Gasteiger partial charge >= 0.3 is 0 Å². The number of carbonyl (C=O) groups is 1. The number of hydrogen-bond acceptors (Lipinski definition) is 4. The molecule has 0 saturated heterocycles. The minimum atomic E-state index is -0.172. The molecule has 1 aromatic heterocycles. The number of rotatable bonds is 5. The summed E-state index contributed by atoms with van der Waals surface area (Å²) in [4.78, 5) is 14.3. The largest absolute Gasteiger partial charge is 0.468 e. The van der Waals surface area contributed by atoms with Gasteiger partial charge in [0.05, 0.1) is 17.9 Å². The Hall–Kier alpha value is -2.27. The van der Waals surface area contributed by atoms with E-state index in [1.807, 2.05) is 44.1 Å². The van der Waals surface area contributed by atoms with E-state index >= 15 is 0 Å². The van der Waals surface area contributed by atoms with Crippen LogP contribution in [0.2, 0.25) is 0 Å². The average molecular weight is 287 g/mol. The Labute approximate surface area is 124 Å². The van der Waals surface area contributed by atoms with Gasteiger partial charge in [0.15, 0.2) is 0 Å². The number of benzene rings is 1. The summed E-state index contributed by atoms with van der Waals surface area (Å²) < 4.78 is 5.42. The summed E-state index contributed by atoms with van der Waals surface area (Å²) in [6.07, 6.45) is 1.63. The summed E-state index contributed by atoms with van der Waals surface area (Å²) in [7, 11) is 3.89. The number of hydrogen-bond donors (Lipinski definition) is 2. The predicted molar refractivity (Wildman–Crippen MR) is 83.1 cm³/mol. The van der Waals surface area contributed by atoms with Crippen LogP contribution >= 0.6 is 0 Å². The quantitative estimate of drug-likeness (QED) is 0.827. The molecule has 0 aliphatic heterocycles. The average Bonchev–Trinajstić information content (AvgIpc) is 2.95. The monoisotopic (exact) mass is 287 g/mol. The minimum absolute atomic E-state index is 0.0185. The molecule has 21 heavy (non-hydrogen) atoms. The van der Waals surface area contributed by atoms with Crippen LogP contribution in [-0.2, 0) is 0 Å². The number of aryl methyl sites for hydroxylation is 1. The molecule has 0 saturated carbocycles. The Kier molecular flexibility index (Phi) is 4.65. The van der Waals surface area contributed by atoms with E-state index in [9.17, 15) is 4.79 Å². The van der Waals surface area contributed by atoms with Gasteiger partial charge in [0.2, 0.25) is 0 Å². The highest BCUT2D eigenvalue weighted by Gasteiger charge is 2.19. The maximum Gasteiger partial charge on any atom is 0.253 e. The molecule has 2 rings (SSSR count). The number of anilines is 1. The van der Waals surface area contributed by atoms with E-state index in [0.29, 0.717) is 17.8 Å². The molecule has 5 heteroatoms. The van der Waals surface area contributed by atoms with E-state index < -0.39 is 0 Å². The maximum atomic E-state index is 12.3. The first-order valence-electron chi connectivity index (χ1n) is 6.83. The molecule has 1 amide bonds. The summed E-state index contributed by atoms with van der Waals surface area (Å²) in [6, 6.07) is 9.15. The highest BCUT2D eigenvalue weighted by molar-refractivity contribution is 5.99. The molecule has 112 valence electrons. The minimum Gasteiger partial charge on any atom is -0.468 e. The lowest BCUT2D eigenvalue weighted by molar-refractivity contribution is 0.0940. The molecule has 0 radical (unpaired) electrons. The van der Waals surface area contributed by atoms with Gasteiger partial charge in [-0.05, 0) is 45.3 Å². The summed E-state index contributed by atoms with van der Waals surface area (Å²) in [5.41, 5.74) is 7.86. The summed E-state index contributed by atoms with van der Waals surface area (Å²) in [6.45, 7) is 2.38. The van der Waals surface area contributed by atoms with Gasteiger partial charge in [-0.3, -0.25) is 9.69 Å². The van der Waals surface area contributed by atoms with Crippen LogP contribution in [0.3, 0.4) is 0 Å². The lowest BCUT2D eigenvalue weighted by atomic mass is 10.1. The van der Waals surface area contributed by atoms with E-state index in [2.05, 4.69) is 5.32 Å². The van der Waals surface area contributed by atoms with E-state index in [1.165, 1.54) is 0 Å². The fraction of sp³-hybridized carbons (Fsp3) is 0.312. The van der Waals surface area contributed by atoms with E-state index in [0.717, 1.165) is 11.3 Å². The van der Waals surface area contributed by atoms with Crippen LogP contribution in [0.1, 0.15) is 27.7 Å². The van der Waals surface area contributed by atoms with E-state index in [-0.39, 0.29) is 11.9 Å². The number of nitrogens with zero attached hydrogens (tertiary/aromatic N) is 1. The van der Waals surface area contributed by atoms with Crippen LogP contribution < -0.4 is 11.1 Å². The molecule has 0 aliphatic carbocycles. The zero-order valence-electron chi connectivity index (χ0n) is 12.6. The van der Waals surface area contributed by atoms with Gasteiger partial charge in [0.25, 0.3) is 5.91 Å². The molecule has 0 bridgehead atoms. The summed E-state index contributed by atoms with van der Waals surface area (Å²) in [5, 5.41) is 2.92. The third-order valence-electron chi connectivity index (χ3n) is 3.40. The van der Waals surface area contributed by atoms with Gasteiger partial charge in [0, 0.05) is 12.2 Å². The van der Waals surface area contributed by atoms with Crippen LogP contribution in [0.25, 0.3) is 0 Å². The van der Waals surface area contributed by atoms with Crippen molar-refractivity contribution in [2.75, 3.05) is 26.4 Å². The van der Waals surface area contributed by atoms with Crippen molar-refractivity contribution in [1.29, 1.82) is 0 Å². The number of nitrogens with two attached hydrogens (primary N) is 1. The third-order valence-corrected chi connectivity index (χ3v) is 3.40. The Balaban J connectivity index is 2.07. The second-order valence-corrected chi connectivity index (χ2v) is 5.30. The normalized spacial score (nSPS) is 12.4. The van der Waals surface area contributed by atoms with Crippen molar-refractivity contribution in [3.63, 3.8) is 0 Å². The van der Waals surface area contributed by atoms with Gasteiger partial charge in [-0.2, -0.15) is 0 Å². The fourth-order valence-electron chi connectivity index (χ4n) is 2.17. The first-order chi connectivity index (χ1) is 9.99. The molecular formula is C16H21N3O2. The van der Waals surface area contributed by atoms with Gasteiger partial charge in [0.1, 0.15) is 5.76 Å². The first kappa shape index (κ1) is 15.1. The van der Waals surface area contributed by atoms with E-state index in [1.54, 1.807) is 18.4 Å². The van der Waals surface area contributed by atoms with E-state index in [4.69, 9.17) is 10.2 Å². The topological polar surface area (TPSA) is 71.5 Å². The zero-order chi connectivity index (χ0) is 15.4. The molecule has 3 N–H and O–H groups in total. The van der Waals surface area contributed by atoms with Crippen LogP contribution in [0.4, 0.5) is 5.69 Å². The number of likely N-dealkylation sites (N-methyl/N-ethyl adjacent to an activating group) is 1. The third kappa shape index (κ3) is 3.64. The molecule has 0 fully saturated rings. The smallest absolute Gasteiger partial charge is 0.253 e. The van der Waals surface area contributed by atoms with Crippen molar-refractivity contribution >= 4 is 11.6 Å². The molecule has 5 nitrogen and oxygen atoms in total. The van der Waals surface area contributed by atoms with Gasteiger partial charge in [-0.1, -0.05) is 11.6 Å². The molecule has 1 heterocycles. The number of amides is 1. The molecule has 2 aromatic rings. The van der Waals surface area contributed by atoms with Crippen molar-refractivity contribution in [3.8, 4) is 0 Å². The Morgan fingerprint density at radius 1 is 1.38 bits per heavy atom. The van der Waals surface area contributed by atoms with Crippen molar-refractivity contribution in [1.82, 2.24) is 10.2 Å². The predicted octanol–water partition coefficient (Wildman–Crippen LogP) is 2.20. The molecular weight excluding hydrogens is 266 g/mol. The van der Waals surface area contributed by atoms with Gasteiger partial charge < -0.3 is 15.5 Å². The Morgan fingerprint density at radius 2 is 2.14 bits per heavy atom. The van der Waals surface area contributed by atoms with Gasteiger partial charge in [-0.25, -0.2) is 0 Å². The van der Waals surface area contributed by atoms with Crippen molar-refractivity contribution < 1.29 is 9.21 Å². The molecule has 0 spiro atoms. The Bertz CT molecular complexity index is 606. The van der Waals surface area contributed by atoms with Crippen LogP contribution in [0.5, 0.6) is 0 Å². The second kappa shape index (κ2) is 6.45. The summed E-state index contributed by atoms with van der Waals surface area (Å²) in [5.74, 6) is 0.645. The number of carbonyl (C=O) groups excluding carboxylic acids is 1. The maximum absolute atomic E-state index is 12.3. The van der Waals surface area contributed by atoms with Gasteiger partial charge in [-0.15, -0.1) is 0 Å². The van der Waals surface area contributed by atoms with Crippen LogP contribution in [-0.4, -0.2) is 31.4 Å². The highest BCUT2D eigenvalue weighted by atomic mass is 16.3. The SMILES string of the molecule is Cc1ccc(N)c(C(=O)NCC(c2ccco2)N(C)C)c1. The number of furan rings is 1. The number of nitrogens with one attached hydrogen (secondary N) is 1. The van der Waals surface area contributed by atoms with Crippen LogP contribution in [0, 0.1) is 6.92 Å². The Morgan fingerprint density at radius 3 is 2.76 bits per heavy atom. The highest BCUT2D eigenvalue weighted by Crippen LogP contribution is 2.18. The summed E-state index contributed by atoms with van der Waals surface area (Å²) >= 11 is 0. The molecule has 0 aliphatic rings. The fourth-order valence-corrected chi connectivity index (χ4v) is 2.17. The van der Waals surface area contributed by atoms with Crippen LogP contribution in [0.15, 0.2) is 41.0 Å². The molecule has 1 unspecified atom stereocenters. The lowest BCUT2D eigenvalue weighted by Gasteiger charge is -2.22. The lowest BCUT2D eigenvalue weighted by Crippen LogP contribution is -2.34. The second-order valence-electron chi connectivity index (χ2n) is 5.30. The zero-order valence-corrected chi connectivity index (χ0v) is 12.6. The van der Waals surface area contributed by atoms with Crippen molar-refractivity contribution in [3.05, 3.63) is 53.5 Å². The first-order valence-corrected chi connectivity index (χ1v) is 6.83. The molecule has 1 aromatic carbocycles.